The molecule has 0 aliphatic heterocycles. The van der Waals surface area contributed by atoms with Crippen molar-refractivity contribution in [2.75, 3.05) is 0 Å². The lowest BCUT2D eigenvalue weighted by Crippen LogP contribution is -2.35. The standard InChI is InChI=1S/C26H31BrO4.C26H32O4/c1-5-15(2)24(28)30-22-14-17-12-18(22)13-20(17)25(29)31-26(3,4)21-11-10-16-8-6-7-9-19(16)23(21)27;1-5-16(2)24(27)29-23-15-19-12-20(23)14-22(19)25(28)30-26(3,4)21-11-10-17-8-6-7-9-18(17)13-21/h6-11,15,17-18,20,22H,5,12-14H2,1-4H3;6-11,13,16,19-20,22-23H,5,12,14-15H2,1-4H3. The maximum absolute atomic E-state index is 13.1. The van der Waals surface area contributed by atoms with E-state index in [0.717, 1.165) is 83.1 Å². The molecule has 326 valence electrons. The van der Waals surface area contributed by atoms with E-state index in [-0.39, 0.29) is 83.4 Å². The van der Waals surface area contributed by atoms with Gasteiger partial charge in [0.1, 0.15) is 23.4 Å². The van der Waals surface area contributed by atoms with Crippen LogP contribution < -0.4 is 0 Å². The van der Waals surface area contributed by atoms with Gasteiger partial charge in [-0.3, -0.25) is 19.2 Å². The lowest BCUT2D eigenvalue weighted by Gasteiger charge is -2.32. The first-order chi connectivity index (χ1) is 29.0. The Hall–Kier alpha value is -4.24. The molecule has 4 saturated carbocycles. The molecule has 0 aromatic heterocycles. The average Bonchev–Trinajstić information content (AvgIpc) is 4.05. The summed E-state index contributed by atoms with van der Waals surface area (Å²) in [5.41, 5.74) is 0.524. The van der Waals surface area contributed by atoms with Crippen molar-refractivity contribution in [3.05, 3.63) is 94.5 Å². The normalized spacial score (nSPS) is 26.3. The molecule has 10 unspecified atom stereocenters. The third kappa shape index (κ3) is 9.57. The van der Waals surface area contributed by atoms with Crippen LogP contribution in [0, 0.1) is 47.3 Å². The molecule has 0 amide bonds. The van der Waals surface area contributed by atoms with Crippen LogP contribution in [0.4, 0.5) is 0 Å². The number of halogens is 1. The molecule has 4 aliphatic rings. The molecule has 9 heteroatoms. The fraction of sp³-hybridized carbons (Fsp3) is 0.538. The van der Waals surface area contributed by atoms with Crippen LogP contribution in [0.5, 0.6) is 0 Å². The Labute approximate surface area is 369 Å². The fourth-order valence-corrected chi connectivity index (χ4v) is 11.2. The lowest BCUT2D eigenvalue weighted by atomic mass is 9.86. The minimum absolute atomic E-state index is 0.0333. The lowest BCUT2D eigenvalue weighted by molar-refractivity contribution is -0.168. The number of rotatable bonds is 12. The number of benzene rings is 4. The zero-order valence-corrected chi connectivity index (χ0v) is 38.7. The second kappa shape index (κ2) is 18.2. The maximum Gasteiger partial charge on any atom is 0.310 e. The second-order valence-electron chi connectivity index (χ2n) is 19.3. The zero-order valence-electron chi connectivity index (χ0n) is 37.1. The quantitative estimate of drug-likeness (QED) is 0.102. The highest BCUT2D eigenvalue weighted by atomic mass is 79.9. The number of ether oxygens (including phenoxy) is 4. The molecule has 10 atom stereocenters. The van der Waals surface area contributed by atoms with Gasteiger partial charge in [-0.05, 0) is 152 Å². The molecule has 0 spiro atoms. The molecule has 0 radical (unpaired) electrons. The summed E-state index contributed by atoms with van der Waals surface area (Å²) in [6.45, 7) is 15.6. The van der Waals surface area contributed by atoms with Crippen molar-refractivity contribution in [1.82, 2.24) is 0 Å². The van der Waals surface area contributed by atoms with Gasteiger partial charge >= 0.3 is 23.9 Å². The topological polar surface area (TPSA) is 105 Å². The number of fused-ring (bicyclic) bond motifs is 6. The van der Waals surface area contributed by atoms with Crippen molar-refractivity contribution in [1.29, 1.82) is 0 Å². The Balaban J connectivity index is 0.000000184. The van der Waals surface area contributed by atoms with Crippen LogP contribution in [0.15, 0.2) is 83.3 Å². The van der Waals surface area contributed by atoms with Crippen molar-refractivity contribution in [2.45, 2.75) is 130 Å². The minimum atomic E-state index is -0.746. The summed E-state index contributed by atoms with van der Waals surface area (Å²) in [7, 11) is 0. The highest BCUT2D eigenvalue weighted by Gasteiger charge is 2.53. The summed E-state index contributed by atoms with van der Waals surface area (Å²) in [5, 5.41) is 4.57. The Bertz CT molecular complexity index is 2260. The van der Waals surface area contributed by atoms with Crippen LogP contribution in [-0.2, 0) is 49.3 Å². The maximum atomic E-state index is 13.1. The number of carbonyl (C=O) groups is 4. The van der Waals surface area contributed by atoms with Crippen LogP contribution in [0.2, 0.25) is 0 Å². The van der Waals surface area contributed by atoms with Crippen LogP contribution in [0.25, 0.3) is 21.5 Å². The third-order valence-electron chi connectivity index (χ3n) is 14.4. The molecule has 8 rings (SSSR count). The highest BCUT2D eigenvalue weighted by molar-refractivity contribution is 9.10. The molecule has 4 aromatic rings. The smallest absolute Gasteiger partial charge is 0.310 e. The first-order valence-electron chi connectivity index (χ1n) is 22.5. The van der Waals surface area contributed by atoms with Gasteiger partial charge in [-0.2, -0.15) is 0 Å². The molecule has 4 aromatic carbocycles. The van der Waals surface area contributed by atoms with E-state index in [2.05, 4.69) is 58.4 Å². The van der Waals surface area contributed by atoms with E-state index in [1.165, 1.54) is 5.39 Å². The zero-order chi connectivity index (χ0) is 43.8. The minimum Gasteiger partial charge on any atom is -0.462 e. The predicted octanol–water partition coefficient (Wildman–Crippen LogP) is 12.0. The van der Waals surface area contributed by atoms with E-state index in [9.17, 15) is 19.2 Å². The van der Waals surface area contributed by atoms with Crippen molar-refractivity contribution < 1.29 is 38.1 Å². The van der Waals surface area contributed by atoms with E-state index in [1.54, 1.807) is 0 Å². The Morgan fingerprint density at radius 2 is 1.07 bits per heavy atom. The summed E-state index contributed by atoms with van der Waals surface area (Å²) < 4.78 is 24.6. The van der Waals surface area contributed by atoms with Crippen molar-refractivity contribution in [3.8, 4) is 0 Å². The Kier molecular flexibility index (Phi) is 13.4. The van der Waals surface area contributed by atoms with E-state index in [0.29, 0.717) is 0 Å². The molecule has 4 aliphatic carbocycles. The van der Waals surface area contributed by atoms with Gasteiger partial charge in [-0.25, -0.2) is 0 Å². The van der Waals surface area contributed by atoms with Gasteiger partial charge in [-0.15, -0.1) is 0 Å². The number of hydrogen-bond acceptors (Lipinski definition) is 8. The monoisotopic (exact) mass is 894 g/mol. The molecular formula is C52H63BrO8. The van der Waals surface area contributed by atoms with Gasteiger partial charge in [0, 0.05) is 10.0 Å². The first kappa shape index (κ1) is 44.8. The molecule has 8 nitrogen and oxygen atoms in total. The molecular weight excluding hydrogens is 832 g/mol. The third-order valence-corrected chi connectivity index (χ3v) is 15.3. The molecule has 0 saturated heterocycles. The number of hydrogen-bond donors (Lipinski definition) is 0. The van der Waals surface area contributed by atoms with Gasteiger partial charge in [0.2, 0.25) is 0 Å². The van der Waals surface area contributed by atoms with Crippen LogP contribution in [-0.4, -0.2) is 36.1 Å². The van der Waals surface area contributed by atoms with Crippen molar-refractivity contribution in [3.63, 3.8) is 0 Å². The number of esters is 4. The van der Waals surface area contributed by atoms with Gasteiger partial charge in [0.25, 0.3) is 0 Å². The van der Waals surface area contributed by atoms with Crippen molar-refractivity contribution >= 4 is 61.4 Å². The van der Waals surface area contributed by atoms with Crippen molar-refractivity contribution in [2.24, 2.45) is 47.3 Å². The molecule has 0 heterocycles. The van der Waals surface area contributed by atoms with E-state index >= 15 is 0 Å². The number of carbonyl (C=O) groups excluding carboxylic acids is 4. The average molecular weight is 896 g/mol. The summed E-state index contributed by atoms with van der Waals surface area (Å²) in [5.74, 6) is 0.247. The van der Waals surface area contributed by atoms with Crippen LogP contribution in [0.1, 0.15) is 118 Å². The SMILES string of the molecule is CCC(C)C(=O)OC1CC2CC1CC2C(=O)OC(C)(C)c1ccc2ccccc2c1.CCC(C)C(=O)OC1CC2CC1CC2C(=O)OC(C)(C)c1ccc2ccccc2c1Br. The fourth-order valence-electron chi connectivity index (χ4n) is 10.2. The van der Waals surface area contributed by atoms with Gasteiger partial charge in [-0.1, -0.05) is 100 Å². The summed E-state index contributed by atoms with van der Waals surface area (Å²) in [6.07, 6.45) is 6.45. The van der Waals surface area contributed by atoms with E-state index in [1.807, 2.05) is 91.8 Å². The summed E-state index contributed by atoms with van der Waals surface area (Å²) in [6, 6.07) is 26.7. The Morgan fingerprint density at radius 1 is 0.590 bits per heavy atom. The molecule has 4 fully saturated rings. The van der Waals surface area contributed by atoms with E-state index in [4.69, 9.17) is 18.9 Å². The van der Waals surface area contributed by atoms with Gasteiger partial charge < -0.3 is 18.9 Å². The molecule has 61 heavy (non-hydrogen) atoms. The second-order valence-corrected chi connectivity index (χ2v) is 20.1. The summed E-state index contributed by atoms with van der Waals surface area (Å²) in [4.78, 5) is 50.5. The highest BCUT2D eigenvalue weighted by Crippen LogP contribution is 2.52. The first-order valence-corrected chi connectivity index (χ1v) is 23.3. The van der Waals surface area contributed by atoms with Gasteiger partial charge in [0.05, 0.1) is 23.7 Å². The summed E-state index contributed by atoms with van der Waals surface area (Å²) >= 11 is 3.73. The van der Waals surface area contributed by atoms with Crippen LogP contribution in [0.3, 0.4) is 0 Å². The largest absolute Gasteiger partial charge is 0.462 e. The van der Waals surface area contributed by atoms with Crippen LogP contribution >= 0.6 is 15.9 Å². The molecule has 0 N–H and O–H groups in total. The predicted molar refractivity (Wildman–Crippen MR) is 241 cm³/mol. The Morgan fingerprint density at radius 3 is 1.57 bits per heavy atom. The van der Waals surface area contributed by atoms with E-state index < -0.39 is 11.2 Å². The molecule has 4 bridgehead atoms. The van der Waals surface area contributed by atoms with Gasteiger partial charge in [0.15, 0.2) is 0 Å².